The largest absolute Gasteiger partial charge is 0.491 e. The van der Waals surface area contributed by atoms with Crippen molar-refractivity contribution in [3.05, 3.63) is 35.1 Å². The highest BCUT2D eigenvalue weighted by Gasteiger charge is 2.52. The van der Waals surface area contributed by atoms with Crippen LogP contribution < -0.4 is 0 Å². The average molecular weight is 349 g/mol. The summed E-state index contributed by atoms with van der Waals surface area (Å²) in [4.78, 5) is 15.9. The van der Waals surface area contributed by atoms with E-state index in [-0.39, 0.29) is 5.97 Å². The number of thiol groups is 1. The van der Waals surface area contributed by atoms with Gasteiger partial charge >= 0.3 is 13.1 Å². The first kappa shape index (κ1) is 19.0. The summed E-state index contributed by atoms with van der Waals surface area (Å²) < 4.78 is 17.1. The third-order valence-corrected chi connectivity index (χ3v) is 4.73. The topological polar surface area (TPSA) is 57.7 Å². The molecule has 0 aliphatic carbocycles. The van der Waals surface area contributed by atoms with Crippen molar-refractivity contribution in [2.75, 3.05) is 12.4 Å². The Hall–Kier alpha value is -1.31. The van der Waals surface area contributed by atoms with Gasteiger partial charge in [0.25, 0.3) is 0 Å². The highest BCUT2D eigenvalue weighted by molar-refractivity contribution is 7.80. The zero-order valence-corrected chi connectivity index (χ0v) is 15.7. The SMILES string of the molecule is CCOC(=O)c1cncc(C=C(CS)B2OC(C)(C)C(C)(C)O2)c1. The Kier molecular flexibility index (Phi) is 5.78. The molecule has 1 aliphatic rings. The number of esters is 1. The molecule has 0 unspecified atom stereocenters. The summed E-state index contributed by atoms with van der Waals surface area (Å²) in [5.41, 5.74) is 1.24. The monoisotopic (exact) mass is 349 g/mol. The number of carbonyl (C=O) groups is 1. The number of carbonyl (C=O) groups excluding carboxylic acids is 1. The summed E-state index contributed by atoms with van der Waals surface area (Å²) in [5, 5.41) is 0. The Morgan fingerprint density at radius 2 is 1.92 bits per heavy atom. The van der Waals surface area contributed by atoms with E-state index >= 15 is 0 Å². The van der Waals surface area contributed by atoms with E-state index in [4.69, 9.17) is 14.0 Å². The van der Waals surface area contributed by atoms with Gasteiger partial charge in [-0.2, -0.15) is 12.6 Å². The van der Waals surface area contributed by atoms with E-state index in [0.717, 1.165) is 11.0 Å². The van der Waals surface area contributed by atoms with Gasteiger partial charge in [-0.05, 0) is 51.7 Å². The van der Waals surface area contributed by atoms with E-state index < -0.39 is 18.3 Å². The molecule has 1 saturated heterocycles. The lowest BCUT2D eigenvalue weighted by atomic mass is 9.78. The van der Waals surface area contributed by atoms with Gasteiger partial charge in [0.2, 0.25) is 0 Å². The number of aromatic nitrogens is 1. The molecule has 0 radical (unpaired) electrons. The smallest absolute Gasteiger partial charge is 0.462 e. The van der Waals surface area contributed by atoms with Crippen LogP contribution in [0.25, 0.3) is 6.08 Å². The number of nitrogens with zero attached hydrogens (tertiary/aromatic N) is 1. The Morgan fingerprint density at radius 1 is 1.29 bits per heavy atom. The van der Waals surface area contributed by atoms with Crippen LogP contribution in [0.2, 0.25) is 0 Å². The molecule has 0 N–H and O–H groups in total. The van der Waals surface area contributed by atoms with Crippen molar-refractivity contribution in [3.8, 4) is 0 Å². The molecule has 1 aliphatic heterocycles. The van der Waals surface area contributed by atoms with Crippen molar-refractivity contribution in [1.29, 1.82) is 0 Å². The van der Waals surface area contributed by atoms with Crippen LogP contribution in [0.1, 0.15) is 50.5 Å². The number of pyridine rings is 1. The quantitative estimate of drug-likeness (QED) is 0.503. The van der Waals surface area contributed by atoms with Crippen molar-refractivity contribution in [1.82, 2.24) is 4.98 Å². The lowest BCUT2D eigenvalue weighted by Crippen LogP contribution is -2.41. The summed E-state index contributed by atoms with van der Waals surface area (Å²) >= 11 is 4.39. The molecule has 130 valence electrons. The predicted octanol–water partition coefficient (Wildman–Crippen LogP) is 3.20. The molecular weight excluding hydrogens is 325 g/mol. The van der Waals surface area contributed by atoms with Crippen molar-refractivity contribution in [2.24, 2.45) is 0 Å². The maximum Gasteiger partial charge on any atom is 0.491 e. The molecule has 0 spiro atoms. The van der Waals surface area contributed by atoms with E-state index in [0.29, 0.717) is 17.9 Å². The van der Waals surface area contributed by atoms with Crippen LogP contribution in [0.15, 0.2) is 23.9 Å². The van der Waals surface area contributed by atoms with Gasteiger partial charge in [-0.25, -0.2) is 4.79 Å². The first-order valence-corrected chi connectivity index (χ1v) is 8.62. The summed E-state index contributed by atoms with van der Waals surface area (Å²) in [5.74, 6) is 0.0869. The molecule has 7 heteroatoms. The van der Waals surface area contributed by atoms with Crippen molar-refractivity contribution < 1.29 is 18.8 Å². The maximum atomic E-state index is 11.8. The molecule has 0 bridgehead atoms. The minimum absolute atomic E-state index is 0.328. The molecule has 0 atom stereocenters. The van der Waals surface area contributed by atoms with Gasteiger partial charge in [0.1, 0.15) is 0 Å². The number of hydrogen-bond acceptors (Lipinski definition) is 6. The molecule has 5 nitrogen and oxygen atoms in total. The third kappa shape index (κ3) is 4.02. The molecule has 0 saturated carbocycles. The summed E-state index contributed by atoms with van der Waals surface area (Å²) in [6, 6.07) is 1.74. The second kappa shape index (κ2) is 7.29. The highest BCUT2D eigenvalue weighted by Crippen LogP contribution is 2.39. The zero-order chi connectivity index (χ0) is 18.0. The van der Waals surface area contributed by atoms with Crippen LogP contribution in [0, 0.1) is 0 Å². The van der Waals surface area contributed by atoms with Crippen molar-refractivity contribution in [2.45, 2.75) is 45.8 Å². The second-order valence-electron chi connectivity index (χ2n) is 6.69. The van der Waals surface area contributed by atoms with Crippen molar-refractivity contribution >= 4 is 31.8 Å². The minimum atomic E-state index is -0.473. The van der Waals surface area contributed by atoms with Crippen LogP contribution in [0.5, 0.6) is 0 Å². The predicted molar refractivity (Wildman–Crippen MR) is 98.1 cm³/mol. The Morgan fingerprint density at radius 3 is 2.46 bits per heavy atom. The molecule has 2 heterocycles. The second-order valence-corrected chi connectivity index (χ2v) is 7.01. The zero-order valence-electron chi connectivity index (χ0n) is 14.8. The molecule has 24 heavy (non-hydrogen) atoms. The molecule has 1 aromatic rings. The summed E-state index contributed by atoms with van der Waals surface area (Å²) in [7, 11) is -0.473. The normalized spacial score (nSPS) is 19.4. The fourth-order valence-corrected chi connectivity index (χ4v) is 2.50. The van der Waals surface area contributed by atoms with Gasteiger partial charge in [-0.1, -0.05) is 6.08 Å². The van der Waals surface area contributed by atoms with Crippen LogP contribution in [-0.2, 0) is 14.0 Å². The van der Waals surface area contributed by atoms with Crippen LogP contribution >= 0.6 is 12.6 Å². The Bertz CT molecular complexity index is 629. The van der Waals surface area contributed by atoms with E-state index in [1.807, 2.05) is 33.8 Å². The highest BCUT2D eigenvalue weighted by atomic mass is 32.1. The lowest BCUT2D eigenvalue weighted by molar-refractivity contribution is 0.00578. The molecule has 1 fully saturated rings. The van der Waals surface area contributed by atoms with Crippen LogP contribution in [0.3, 0.4) is 0 Å². The van der Waals surface area contributed by atoms with E-state index in [1.165, 1.54) is 6.20 Å². The Labute approximate surface area is 149 Å². The molecular formula is C17H24BNO4S. The number of ether oxygens (including phenoxy) is 1. The first-order valence-electron chi connectivity index (χ1n) is 7.99. The standard InChI is InChI=1S/C17H24BNO4S/c1-6-21-15(20)13-7-12(9-19-10-13)8-14(11-24)18-22-16(2,3)17(4,5)23-18/h7-10,24H,6,11H2,1-5H3. The lowest BCUT2D eigenvalue weighted by Gasteiger charge is -2.32. The van der Waals surface area contributed by atoms with Gasteiger partial charge in [0, 0.05) is 18.1 Å². The number of rotatable bonds is 5. The molecule has 0 amide bonds. The maximum absolute atomic E-state index is 11.8. The fraction of sp³-hybridized carbons (Fsp3) is 0.529. The van der Waals surface area contributed by atoms with Gasteiger partial charge < -0.3 is 14.0 Å². The Balaban J connectivity index is 2.26. The van der Waals surface area contributed by atoms with Gasteiger partial charge in [-0.15, -0.1) is 0 Å². The minimum Gasteiger partial charge on any atom is -0.462 e. The van der Waals surface area contributed by atoms with E-state index in [9.17, 15) is 4.79 Å². The first-order chi connectivity index (χ1) is 11.2. The summed E-state index contributed by atoms with van der Waals surface area (Å²) in [6.07, 6.45) is 5.06. The number of hydrogen-bond donors (Lipinski definition) is 1. The summed E-state index contributed by atoms with van der Waals surface area (Å²) in [6.45, 7) is 10.1. The van der Waals surface area contributed by atoms with Gasteiger partial charge in [0.15, 0.2) is 0 Å². The average Bonchev–Trinajstić information content (AvgIpc) is 2.73. The molecule has 1 aromatic heterocycles. The van der Waals surface area contributed by atoms with E-state index in [2.05, 4.69) is 17.6 Å². The van der Waals surface area contributed by atoms with Gasteiger partial charge in [0.05, 0.1) is 23.4 Å². The third-order valence-electron chi connectivity index (χ3n) is 4.36. The van der Waals surface area contributed by atoms with Crippen LogP contribution in [0.4, 0.5) is 0 Å². The van der Waals surface area contributed by atoms with Crippen LogP contribution in [-0.4, -0.2) is 41.6 Å². The van der Waals surface area contributed by atoms with Crippen molar-refractivity contribution in [3.63, 3.8) is 0 Å². The van der Waals surface area contributed by atoms with Gasteiger partial charge in [-0.3, -0.25) is 4.98 Å². The van der Waals surface area contributed by atoms with E-state index in [1.54, 1.807) is 19.2 Å². The molecule has 2 rings (SSSR count). The molecule has 0 aromatic carbocycles. The fourth-order valence-electron chi connectivity index (χ4n) is 2.26.